The molecule has 2 aromatic carbocycles. The lowest BCUT2D eigenvalue weighted by atomic mass is 10.0. The molecule has 0 aliphatic heterocycles. The second-order valence-electron chi connectivity index (χ2n) is 7.38. The maximum absolute atomic E-state index is 12.4. The highest BCUT2D eigenvalue weighted by Crippen LogP contribution is 2.22. The maximum Gasteiger partial charge on any atom is 0.234 e. The van der Waals surface area contributed by atoms with Gasteiger partial charge in [-0.1, -0.05) is 43.8 Å². The first-order valence-corrected chi connectivity index (χ1v) is 11.3. The fraction of sp³-hybridized carbons (Fsp3) is 0.292. The fourth-order valence-corrected chi connectivity index (χ4v) is 3.71. The molecule has 0 aliphatic carbocycles. The monoisotopic (exact) mass is 452 g/mol. The maximum atomic E-state index is 12.4. The molecule has 32 heavy (non-hydrogen) atoms. The van der Waals surface area contributed by atoms with E-state index in [0.29, 0.717) is 29.2 Å². The number of nitrogens with zero attached hydrogens (tertiary/aromatic N) is 3. The van der Waals surface area contributed by atoms with Crippen LogP contribution in [-0.2, 0) is 17.9 Å². The third kappa shape index (κ3) is 6.37. The predicted octanol–water partition coefficient (Wildman–Crippen LogP) is 4.91. The first-order chi connectivity index (χ1) is 15.5. The van der Waals surface area contributed by atoms with E-state index < -0.39 is 0 Å². The van der Waals surface area contributed by atoms with Gasteiger partial charge < -0.3 is 14.8 Å². The summed E-state index contributed by atoms with van der Waals surface area (Å²) in [4.78, 5) is 12.4. The van der Waals surface area contributed by atoms with Gasteiger partial charge in [-0.3, -0.25) is 9.36 Å². The topological polar surface area (TPSA) is 78.3 Å². The molecule has 0 aliphatic rings. The zero-order chi connectivity index (χ0) is 22.9. The van der Waals surface area contributed by atoms with Crippen LogP contribution in [0, 0.1) is 0 Å². The Morgan fingerprint density at radius 2 is 1.81 bits per heavy atom. The molecule has 3 rings (SSSR count). The van der Waals surface area contributed by atoms with Gasteiger partial charge in [0.1, 0.15) is 18.1 Å². The SMILES string of the molecule is C=CCn1c(COc2ccc(OC)cc2)nnc1SCC(=O)Nc1ccc(C(C)C)cc1. The van der Waals surface area contributed by atoms with E-state index in [1.54, 1.807) is 13.2 Å². The number of carbonyl (C=O) groups excluding carboxylic acids is 1. The molecule has 168 valence electrons. The van der Waals surface area contributed by atoms with Crippen molar-refractivity contribution in [1.82, 2.24) is 14.8 Å². The van der Waals surface area contributed by atoms with Gasteiger partial charge >= 0.3 is 0 Å². The lowest BCUT2D eigenvalue weighted by Gasteiger charge is -2.10. The Morgan fingerprint density at radius 1 is 1.12 bits per heavy atom. The van der Waals surface area contributed by atoms with Crippen LogP contribution in [0.3, 0.4) is 0 Å². The Morgan fingerprint density at radius 3 is 2.44 bits per heavy atom. The molecule has 0 spiro atoms. The quantitative estimate of drug-likeness (QED) is 0.329. The van der Waals surface area contributed by atoms with Crippen molar-refractivity contribution in [3.8, 4) is 11.5 Å². The van der Waals surface area contributed by atoms with Crippen LogP contribution in [0.15, 0.2) is 66.3 Å². The molecule has 0 radical (unpaired) electrons. The minimum atomic E-state index is -0.100. The number of anilines is 1. The number of hydrogen-bond acceptors (Lipinski definition) is 6. The number of methoxy groups -OCH3 is 1. The van der Waals surface area contributed by atoms with Gasteiger partial charge in [0.15, 0.2) is 11.0 Å². The summed E-state index contributed by atoms with van der Waals surface area (Å²) in [6.07, 6.45) is 1.76. The summed E-state index contributed by atoms with van der Waals surface area (Å²) in [5.41, 5.74) is 2.01. The van der Waals surface area contributed by atoms with Crippen molar-refractivity contribution in [2.75, 3.05) is 18.2 Å². The second kappa shape index (κ2) is 11.4. The normalized spacial score (nSPS) is 10.8. The Hall–Kier alpha value is -3.26. The molecule has 0 saturated heterocycles. The number of allylic oxidation sites excluding steroid dienone is 1. The van der Waals surface area contributed by atoms with Crippen molar-refractivity contribution in [2.45, 2.75) is 38.1 Å². The molecule has 0 bridgehead atoms. The average molecular weight is 453 g/mol. The predicted molar refractivity (Wildman–Crippen MR) is 127 cm³/mol. The van der Waals surface area contributed by atoms with Crippen molar-refractivity contribution in [3.63, 3.8) is 0 Å². The van der Waals surface area contributed by atoms with Gasteiger partial charge in [0.25, 0.3) is 0 Å². The van der Waals surface area contributed by atoms with E-state index in [1.807, 2.05) is 53.1 Å². The average Bonchev–Trinajstić information content (AvgIpc) is 3.18. The Kier molecular flexibility index (Phi) is 8.33. The smallest absolute Gasteiger partial charge is 0.234 e. The van der Waals surface area contributed by atoms with Crippen LogP contribution in [0.1, 0.15) is 31.2 Å². The molecule has 1 heterocycles. The fourth-order valence-electron chi connectivity index (χ4n) is 2.94. The summed E-state index contributed by atoms with van der Waals surface area (Å²) < 4.78 is 12.9. The van der Waals surface area contributed by atoms with Crippen molar-refractivity contribution < 1.29 is 14.3 Å². The zero-order valence-corrected chi connectivity index (χ0v) is 19.4. The standard InChI is InChI=1S/C24H28N4O3S/c1-5-14-28-22(15-31-21-12-10-20(30-4)11-13-21)26-27-24(28)32-16-23(29)25-19-8-6-18(7-9-19)17(2)3/h5-13,17H,1,14-16H2,2-4H3,(H,25,29). The first-order valence-electron chi connectivity index (χ1n) is 10.3. The van der Waals surface area contributed by atoms with Crippen molar-refractivity contribution >= 4 is 23.4 Å². The molecule has 1 N–H and O–H groups in total. The van der Waals surface area contributed by atoms with Crippen LogP contribution in [0.5, 0.6) is 11.5 Å². The number of nitrogens with one attached hydrogen (secondary N) is 1. The molecule has 1 aromatic heterocycles. The number of rotatable bonds is 11. The summed E-state index contributed by atoms with van der Waals surface area (Å²) in [7, 11) is 1.62. The van der Waals surface area contributed by atoms with Crippen molar-refractivity contribution in [1.29, 1.82) is 0 Å². The van der Waals surface area contributed by atoms with E-state index in [1.165, 1.54) is 17.3 Å². The van der Waals surface area contributed by atoms with Crippen LogP contribution < -0.4 is 14.8 Å². The Labute approximate surface area is 192 Å². The molecule has 0 saturated carbocycles. The summed E-state index contributed by atoms with van der Waals surface area (Å²) in [5, 5.41) is 12.0. The van der Waals surface area contributed by atoms with E-state index in [2.05, 4.69) is 35.9 Å². The number of benzene rings is 2. The van der Waals surface area contributed by atoms with Gasteiger partial charge in [0.05, 0.1) is 12.9 Å². The number of aromatic nitrogens is 3. The van der Waals surface area contributed by atoms with Crippen molar-refractivity contribution in [3.05, 3.63) is 72.6 Å². The minimum absolute atomic E-state index is 0.100. The molecule has 0 atom stereocenters. The van der Waals surface area contributed by atoms with Crippen molar-refractivity contribution in [2.24, 2.45) is 0 Å². The highest BCUT2D eigenvalue weighted by atomic mass is 32.2. The lowest BCUT2D eigenvalue weighted by molar-refractivity contribution is -0.113. The molecule has 1 amide bonds. The van der Waals surface area contributed by atoms with Gasteiger partial charge in [0, 0.05) is 12.2 Å². The third-order valence-electron chi connectivity index (χ3n) is 4.73. The van der Waals surface area contributed by atoms with Crippen LogP contribution in [0.2, 0.25) is 0 Å². The number of hydrogen-bond donors (Lipinski definition) is 1. The summed E-state index contributed by atoms with van der Waals surface area (Å²) >= 11 is 1.33. The lowest BCUT2D eigenvalue weighted by Crippen LogP contribution is -2.15. The molecule has 0 fully saturated rings. The molecule has 7 nitrogen and oxygen atoms in total. The van der Waals surface area contributed by atoms with Gasteiger partial charge in [-0.05, 0) is 47.9 Å². The third-order valence-corrected chi connectivity index (χ3v) is 5.69. The number of thioether (sulfide) groups is 1. The summed E-state index contributed by atoms with van der Waals surface area (Å²) in [6.45, 7) is 8.86. The summed E-state index contributed by atoms with van der Waals surface area (Å²) in [6, 6.07) is 15.2. The molecule has 3 aromatic rings. The number of carbonyl (C=O) groups is 1. The van der Waals surface area contributed by atoms with E-state index in [-0.39, 0.29) is 18.3 Å². The molecule has 0 unspecified atom stereocenters. The molecular weight excluding hydrogens is 424 g/mol. The summed E-state index contributed by atoms with van der Waals surface area (Å²) in [5.74, 6) is 2.70. The second-order valence-corrected chi connectivity index (χ2v) is 8.32. The molecule has 8 heteroatoms. The molecular formula is C24H28N4O3S. The minimum Gasteiger partial charge on any atom is -0.497 e. The van der Waals surface area contributed by atoms with Gasteiger partial charge in [0.2, 0.25) is 5.91 Å². The van der Waals surface area contributed by atoms with E-state index in [0.717, 1.165) is 11.4 Å². The zero-order valence-electron chi connectivity index (χ0n) is 18.6. The van der Waals surface area contributed by atoms with Gasteiger partial charge in [-0.25, -0.2) is 0 Å². The Balaban J connectivity index is 1.57. The van der Waals surface area contributed by atoms with Gasteiger partial charge in [-0.15, -0.1) is 16.8 Å². The van der Waals surface area contributed by atoms with Crippen LogP contribution >= 0.6 is 11.8 Å². The van der Waals surface area contributed by atoms with E-state index >= 15 is 0 Å². The van der Waals surface area contributed by atoms with Gasteiger partial charge in [-0.2, -0.15) is 0 Å². The van der Waals surface area contributed by atoms with E-state index in [4.69, 9.17) is 9.47 Å². The largest absolute Gasteiger partial charge is 0.497 e. The number of ether oxygens (including phenoxy) is 2. The Bertz CT molecular complexity index is 1030. The van der Waals surface area contributed by atoms with E-state index in [9.17, 15) is 4.79 Å². The van der Waals surface area contributed by atoms with Crippen LogP contribution in [0.4, 0.5) is 5.69 Å². The highest BCUT2D eigenvalue weighted by molar-refractivity contribution is 7.99. The highest BCUT2D eigenvalue weighted by Gasteiger charge is 2.14. The first kappa shape index (κ1) is 23.4. The van der Waals surface area contributed by atoms with Crippen LogP contribution in [0.25, 0.3) is 0 Å². The van der Waals surface area contributed by atoms with Crippen LogP contribution in [-0.4, -0.2) is 33.5 Å². The number of amides is 1.